The lowest BCUT2D eigenvalue weighted by Gasteiger charge is -2.25. The molecule has 1 aliphatic heterocycles. The molecule has 0 aliphatic carbocycles. The first kappa shape index (κ1) is 17.9. The lowest BCUT2D eigenvalue weighted by Crippen LogP contribution is -2.36. The molecule has 140 valence electrons. The molecule has 2 aromatic heterocycles. The molecule has 4 rings (SSSR count). The zero-order valence-electron chi connectivity index (χ0n) is 15.1. The molecule has 1 unspecified atom stereocenters. The van der Waals surface area contributed by atoms with Crippen molar-refractivity contribution in [3.05, 3.63) is 76.1 Å². The number of amides is 1. The van der Waals surface area contributed by atoms with Gasteiger partial charge >= 0.3 is 0 Å². The third-order valence-electron chi connectivity index (χ3n) is 4.89. The van der Waals surface area contributed by atoms with E-state index in [1.807, 2.05) is 35.7 Å². The Balaban J connectivity index is 1.38. The molecule has 0 bridgehead atoms. The van der Waals surface area contributed by atoms with Gasteiger partial charge in [-0.3, -0.25) is 9.69 Å². The smallest absolute Gasteiger partial charge is 0.270 e. The van der Waals surface area contributed by atoms with Crippen molar-refractivity contribution < 1.29 is 9.21 Å². The van der Waals surface area contributed by atoms with Crippen LogP contribution in [0.3, 0.4) is 0 Å². The minimum atomic E-state index is -0.124. The number of nitrogens with zero attached hydrogens (tertiary/aromatic N) is 2. The molecular formula is C21H23N3O2S. The summed E-state index contributed by atoms with van der Waals surface area (Å²) in [6, 6.07) is 14.1. The van der Waals surface area contributed by atoms with Gasteiger partial charge < -0.3 is 9.73 Å². The van der Waals surface area contributed by atoms with E-state index in [2.05, 4.69) is 27.3 Å². The highest BCUT2D eigenvalue weighted by atomic mass is 32.1. The second-order valence-corrected chi connectivity index (χ2v) is 7.72. The van der Waals surface area contributed by atoms with E-state index in [0.29, 0.717) is 12.2 Å². The molecule has 27 heavy (non-hydrogen) atoms. The highest BCUT2D eigenvalue weighted by Crippen LogP contribution is 2.25. The predicted molar refractivity (Wildman–Crippen MR) is 106 cm³/mol. The summed E-state index contributed by atoms with van der Waals surface area (Å²) in [5.74, 6) is 0.779. The number of likely N-dealkylation sites (tertiary alicyclic amines) is 1. The van der Waals surface area contributed by atoms with Crippen LogP contribution < -0.4 is 5.32 Å². The lowest BCUT2D eigenvalue weighted by molar-refractivity contribution is 0.0929. The van der Waals surface area contributed by atoms with Gasteiger partial charge in [0.1, 0.15) is 11.5 Å². The highest BCUT2D eigenvalue weighted by molar-refractivity contribution is 7.09. The van der Waals surface area contributed by atoms with Crippen LogP contribution in [0.15, 0.2) is 58.5 Å². The second kappa shape index (κ2) is 8.50. The van der Waals surface area contributed by atoms with Gasteiger partial charge in [-0.25, -0.2) is 4.98 Å². The Bertz CT molecular complexity index is 855. The topological polar surface area (TPSA) is 58.4 Å². The monoisotopic (exact) mass is 381 g/mol. The third-order valence-corrected chi connectivity index (χ3v) is 5.74. The summed E-state index contributed by atoms with van der Waals surface area (Å²) < 4.78 is 5.61. The molecule has 0 saturated carbocycles. The Labute approximate surface area is 163 Å². The van der Waals surface area contributed by atoms with Crippen molar-refractivity contribution in [1.82, 2.24) is 15.2 Å². The fraction of sp³-hybridized carbons (Fsp3) is 0.333. The van der Waals surface area contributed by atoms with Gasteiger partial charge in [0.05, 0.1) is 17.3 Å². The minimum Gasteiger partial charge on any atom is -0.468 e. The first-order valence-corrected chi connectivity index (χ1v) is 10.2. The van der Waals surface area contributed by atoms with E-state index in [1.165, 1.54) is 29.7 Å². The standard InChI is InChI=1S/C21H23N3O2S/c25-21(17-15-27-20(23-17)13-16-7-2-1-3-8-16)22-14-18(19-9-6-12-26-19)24-10-4-5-11-24/h1-3,6-9,12,15,18H,4-5,10-11,13-14H2,(H,22,25). The number of hydrogen-bond acceptors (Lipinski definition) is 5. The van der Waals surface area contributed by atoms with E-state index >= 15 is 0 Å². The number of rotatable bonds is 7. The van der Waals surface area contributed by atoms with Crippen LogP contribution >= 0.6 is 11.3 Å². The van der Waals surface area contributed by atoms with Gasteiger partial charge in [-0.2, -0.15) is 0 Å². The largest absolute Gasteiger partial charge is 0.468 e. The van der Waals surface area contributed by atoms with Crippen LogP contribution in [0, 0.1) is 0 Å². The molecule has 1 saturated heterocycles. The Hall–Kier alpha value is -2.44. The maximum Gasteiger partial charge on any atom is 0.270 e. The Kier molecular flexibility index (Phi) is 5.65. The van der Waals surface area contributed by atoms with E-state index in [1.54, 1.807) is 6.26 Å². The fourth-order valence-electron chi connectivity index (χ4n) is 3.49. The molecule has 0 radical (unpaired) electrons. The molecule has 1 fully saturated rings. The molecule has 1 N–H and O–H groups in total. The number of furan rings is 1. The average molecular weight is 382 g/mol. The number of carbonyl (C=O) groups excluding carboxylic acids is 1. The van der Waals surface area contributed by atoms with Gasteiger partial charge in [-0.1, -0.05) is 30.3 Å². The van der Waals surface area contributed by atoms with Gasteiger partial charge in [0.2, 0.25) is 0 Å². The molecule has 3 heterocycles. The number of benzene rings is 1. The van der Waals surface area contributed by atoms with Crippen LogP contribution in [-0.2, 0) is 6.42 Å². The lowest BCUT2D eigenvalue weighted by atomic mass is 10.2. The summed E-state index contributed by atoms with van der Waals surface area (Å²) in [4.78, 5) is 19.5. The van der Waals surface area contributed by atoms with Crippen molar-refractivity contribution in [2.24, 2.45) is 0 Å². The summed E-state index contributed by atoms with van der Waals surface area (Å²) in [6.45, 7) is 2.61. The zero-order valence-corrected chi connectivity index (χ0v) is 16.0. The van der Waals surface area contributed by atoms with Crippen molar-refractivity contribution in [2.45, 2.75) is 25.3 Å². The molecule has 6 heteroatoms. The molecule has 1 atom stereocenters. The number of aromatic nitrogens is 1. The van der Waals surface area contributed by atoms with Crippen molar-refractivity contribution in [1.29, 1.82) is 0 Å². The van der Waals surface area contributed by atoms with E-state index in [0.717, 1.165) is 30.3 Å². The summed E-state index contributed by atoms with van der Waals surface area (Å²) in [5.41, 5.74) is 1.69. The number of hydrogen-bond donors (Lipinski definition) is 1. The van der Waals surface area contributed by atoms with E-state index in [9.17, 15) is 4.79 Å². The van der Waals surface area contributed by atoms with Crippen molar-refractivity contribution in [3.63, 3.8) is 0 Å². The van der Waals surface area contributed by atoms with Crippen LogP contribution in [0.25, 0.3) is 0 Å². The summed E-state index contributed by atoms with van der Waals surface area (Å²) >= 11 is 1.53. The van der Waals surface area contributed by atoms with Crippen molar-refractivity contribution in [2.75, 3.05) is 19.6 Å². The van der Waals surface area contributed by atoms with E-state index in [4.69, 9.17) is 4.42 Å². The Morgan fingerprint density at radius 1 is 1.19 bits per heavy atom. The van der Waals surface area contributed by atoms with Gasteiger partial charge in [-0.05, 0) is 43.6 Å². The van der Waals surface area contributed by atoms with Crippen LogP contribution in [0.1, 0.15) is 45.7 Å². The fourth-order valence-corrected chi connectivity index (χ4v) is 4.30. The summed E-state index contributed by atoms with van der Waals surface area (Å²) in [7, 11) is 0. The van der Waals surface area contributed by atoms with Crippen LogP contribution in [0.2, 0.25) is 0 Å². The minimum absolute atomic E-state index is 0.0777. The normalized spacial score (nSPS) is 15.7. The van der Waals surface area contributed by atoms with Gasteiger partial charge in [0.15, 0.2) is 0 Å². The van der Waals surface area contributed by atoms with Crippen LogP contribution in [-0.4, -0.2) is 35.4 Å². The van der Waals surface area contributed by atoms with Gasteiger partial charge in [-0.15, -0.1) is 11.3 Å². The number of carbonyl (C=O) groups is 1. The molecular weight excluding hydrogens is 358 g/mol. The molecule has 5 nitrogen and oxygen atoms in total. The quantitative estimate of drug-likeness (QED) is 0.674. The third kappa shape index (κ3) is 4.46. The first-order valence-electron chi connectivity index (χ1n) is 9.33. The molecule has 0 spiro atoms. The maximum absolute atomic E-state index is 12.6. The zero-order chi connectivity index (χ0) is 18.5. The maximum atomic E-state index is 12.6. The SMILES string of the molecule is O=C(NCC(c1ccco1)N1CCCC1)c1csc(Cc2ccccc2)n1. The van der Waals surface area contributed by atoms with Crippen LogP contribution in [0.5, 0.6) is 0 Å². The molecule has 1 aromatic carbocycles. The molecule has 3 aromatic rings. The molecule has 1 amide bonds. The predicted octanol–water partition coefficient (Wildman–Crippen LogP) is 3.89. The van der Waals surface area contributed by atoms with Crippen molar-refractivity contribution >= 4 is 17.2 Å². The Morgan fingerprint density at radius 3 is 2.74 bits per heavy atom. The van der Waals surface area contributed by atoms with E-state index in [-0.39, 0.29) is 11.9 Å². The number of thiazole rings is 1. The Morgan fingerprint density at radius 2 is 2.00 bits per heavy atom. The van der Waals surface area contributed by atoms with Crippen LogP contribution in [0.4, 0.5) is 0 Å². The number of nitrogens with one attached hydrogen (secondary N) is 1. The second-order valence-electron chi connectivity index (χ2n) is 6.77. The molecule has 1 aliphatic rings. The van der Waals surface area contributed by atoms with Crippen molar-refractivity contribution in [3.8, 4) is 0 Å². The summed E-state index contributed by atoms with van der Waals surface area (Å²) in [5, 5.41) is 5.84. The first-order chi connectivity index (χ1) is 13.3. The van der Waals surface area contributed by atoms with Gasteiger partial charge in [0, 0.05) is 18.3 Å². The average Bonchev–Trinajstić information content (AvgIpc) is 3.46. The van der Waals surface area contributed by atoms with E-state index < -0.39 is 0 Å². The highest BCUT2D eigenvalue weighted by Gasteiger charge is 2.26. The van der Waals surface area contributed by atoms with Gasteiger partial charge in [0.25, 0.3) is 5.91 Å². The summed E-state index contributed by atoms with van der Waals surface area (Å²) in [6.07, 6.45) is 4.83.